The fraction of sp³-hybridized carbons (Fsp3) is 0.231. The fourth-order valence-corrected chi connectivity index (χ4v) is 2.62. The minimum atomic E-state index is -4.48. The van der Waals surface area contributed by atoms with Gasteiger partial charge in [0.05, 0.1) is 5.52 Å². The second-order valence-electron chi connectivity index (χ2n) is 3.90. The van der Waals surface area contributed by atoms with Gasteiger partial charge < -0.3 is 5.32 Å². The van der Waals surface area contributed by atoms with E-state index in [2.05, 4.69) is 10.3 Å². The van der Waals surface area contributed by atoms with Crippen molar-refractivity contribution in [3.05, 3.63) is 36.0 Å². The van der Waals surface area contributed by atoms with Gasteiger partial charge in [-0.3, -0.25) is 4.79 Å². The van der Waals surface area contributed by atoms with Crippen molar-refractivity contribution in [2.45, 2.75) is 11.1 Å². The zero-order valence-corrected chi connectivity index (χ0v) is 11.0. The van der Waals surface area contributed by atoms with Crippen molar-refractivity contribution in [2.75, 3.05) is 12.3 Å². The van der Waals surface area contributed by atoms with E-state index in [4.69, 9.17) is 0 Å². The Morgan fingerprint density at radius 1 is 1.30 bits per heavy atom. The van der Waals surface area contributed by atoms with E-state index in [1.54, 1.807) is 24.3 Å². The average Bonchev–Trinajstić information content (AvgIpc) is 2.42. The highest BCUT2D eigenvalue weighted by molar-refractivity contribution is 7.99. The summed E-state index contributed by atoms with van der Waals surface area (Å²) in [5, 5.41) is 3.01. The quantitative estimate of drug-likeness (QED) is 0.524. The predicted octanol–water partition coefficient (Wildman–Crippen LogP) is 3.00. The SMILES string of the molecule is O=[C]NCCSc1cc(C(F)(F)F)nc2ccccc12. The maximum Gasteiger partial charge on any atom is 0.433 e. The molecule has 0 aliphatic heterocycles. The van der Waals surface area contributed by atoms with E-state index in [1.165, 1.54) is 18.2 Å². The van der Waals surface area contributed by atoms with Gasteiger partial charge >= 0.3 is 12.6 Å². The van der Waals surface area contributed by atoms with Crippen LogP contribution in [-0.4, -0.2) is 23.7 Å². The summed E-state index contributed by atoms with van der Waals surface area (Å²) in [5.41, 5.74) is -0.603. The minimum absolute atomic E-state index is 0.305. The molecule has 0 fully saturated rings. The van der Waals surface area contributed by atoms with Gasteiger partial charge in [0.15, 0.2) is 0 Å². The van der Waals surface area contributed by atoms with Crippen LogP contribution in [0.1, 0.15) is 5.69 Å². The number of thioether (sulfide) groups is 1. The number of nitrogens with one attached hydrogen (secondary N) is 1. The molecule has 1 aromatic carbocycles. The first-order valence-electron chi connectivity index (χ1n) is 5.72. The molecule has 105 valence electrons. The van der Waals surface area contributed by atoms with Crippen molar-refractivity contribution in [3.63, 3.8) is 0 Å². The highest BCUT2D eigenvalue weighted by Crippen LogP contribution is 2.34. The number of halogens is 3. The Bertz CT molecular complexity index is 616. The number of rotatable bonds is 5. The number of alkyl halides is 3. The van der Waals surface area contributed by atoms with Crippen molar-refractivity contribution >= 4 is 29.1 Å². The number of para-hydroxylation sites is 1. The number of fused-ring (bicyclic) bond motifs is 1. The largest absolute Gasteiger partial charge is 0.433 e. The average molecular weight is 299 g/mol. The third-order valence-corrected chi connectivity index (χ3v) is 3.58. The van der Waals surface area contributed by atoms with Crippen LogP contribution < -0.4 is 5.32 Å². The van der Waals surface area contributed by atoms with Crippen LogP contribution >= 0.6 is 11.8 Å². The summed E-state index contributed by atoms with van der Waals surface area (Å²) in [4.78, 5) is 14.1. The van der Waals surface area contributed by atoms with E-state index in [9.17, 15) is 18.0 Å². The third-order valence-electron chi connectivity index (χ3n) is 2.53. The monoisotopic (exact) mass is 299 g/mol. The summed E-state index contributed by atoms with van der Waals surface area (Å²) in [6.45, 7) is 0.339. The lowest BCUT2D eigenvalue weighted by atomic mass is 10.2. The molecule has 0 spiro atoms. The summed E-state index contributed by atoms with van der Waals surface area (Å²) in [6, 6.07) is 7.71. The first kappa shape index (κ1) is 14.6. The van der Waals surface area contributed by atoms with Crippen molar-refractivity contribution < 1.29 is 18.0 Å². The van der Waals surface area contributed by atoms with Gasteiger partial charge in [0.2, 0.25) is 0 Å². The standard InChI is InChI=1S/C13H10F3N2OS/c14-13(15,16)12-7-11(20-6-5-17-8-19)9-3-1-2-4-10(9)18-12/h1-4,7H,5-6H2,(H,17,19). The Morgan fingerprint density at radius 3 is 2.75 bits per heavy atom. The zero-order valence-electron chi connectivity index (χ0n) is 10.2. The van der Waals surface area contributed by atoms with Crippen LogP contribution in [0, 0.1) is 0 Å². The molecule has 0 bridgehead atoms. The van der Waals surface area contributed by atoms with E-state index >= 15 is 0 Å². The van der Waals surface area contributed by atoms with E-state index < -0.39 is 11.9 Å². The smallest absolute Gasteiger partial charge is 0.347 e. The second-order valence-corrected chi connectivity index (χ2v) is 5.03. The summed E-state index contributed by atoms with van der Waals surface area (Å²) in [6.07, 6.45) is -2.96. The summed E-state index contributed by atoms with van der Waals surface area (Å²) in [7, 11) is 0. The second kappa shape index (κ2) is 6.13. The molecule has 7 heteroatoms. The van der Waals surface area contributed by atoms with Crippen LogP contribution in [0.4, 0.5) is 13.2 Å². The van der Waals surface area contributed by atoms with Gasteiger partial charge in [-0.1, -0.05) is 18.2 Å². The van der Waals surface area contributed by atoms with Crippen LogP contribution in [0.25, 0.3) is 10.9 Å². The molecule has 1 N–H and O–H groups in total. The number of pyridine rings is 1. The molecule has 0 atom stereocenters. The van der Waals surface area contributed by atoms with Crippen molar-refractivity contribution in [2.24, 2.45) is 0 Å². The molecule has 1 heterocycles. The Labute approximate surface area is 117 Å². The van der Waals surface area contributed by atoms with E-state index in [0.717, 1.165) is 6.07 Å². The number of carbonyl (C=O) groups excluding carboxylic acids is 1. The van der Waals surface area contributed by atoms with Gasteiger partial charge in [-0.05, 0) is 12.1 Å². The number of hydrogen-bond donors (Lipinski definition) is 1. The third kappa shape index (κ3) is 3.41. The molecule has 0 aliphatic rings. The lowest BCUT2D eigenvalue weighted by molar-refractivity contribution is -0.141. The van der Waals surface area contributed by atoms with E-state index in [1.807, 2.05) is 0 Å². The molecule has 1 aromatic heterocycles. The molecule has 1 radical (unpaired) electrons. The number of nitrogens with zero attached hydrogens (tertiary/aromatic N) is 1. The molecule has 2 rings (SSSR count). The summed E-state index contributed by atoms with van der Waals surface area (Å²) >= 11 is 1.24. The molecule has 0 aliphatic carbocycles. The van der Waals surface area contributed by atoms with Gasteiger partial charge in [0.25, 0.3) is 0 Å². The maximum atomic E-state index is 12.8. The minimum Gasteiger partial charge on any atom is -0.347 e. The fourth-order valence-electron chi connectivity index (χ4n) is 1.67. The van der Waals surface area contributed by atoms with Gasteiger partial charge in [-0.25, -0.2) is 4.98 Å². The van der Waals surface area contributed by atoms with Crippen LogP contribution in [0.3, 0.4) is 0 Å². The molecular formula is C13H10F3N2OS. The molecule has 0 saturated carbocycles. The van der Waals surface area contributed by atoms with Gasteiger partial charge in [0, 0.05) is 22.6 Å². The zero-order chi connectivity index (χ0) is 14.6. The first-order valence-corrected chi connectivity index (χ1v) is 6.70. The number of amides is 1. The highest BCUT2D eigenvalue weighted by Gasteiger charge is 2.33. The Morgan fingerprint density at radius 2 is 2.05 bits per heavy atom. The number of hydrogen-bond acceptors (Lipinski definition) is 3. The lowest BCUT2D eigenvalue weighted by Gasteiger charge is -2.11. The Kier molecular flexibility index (Phi) is 4.49. The van der Waals surface area contributed by atoms with Crippen molar-refractivity contribution in [1.29, 1.82) is 0 Å². The Balaban J connectivity index is 2.36. The van der Waals surface area contributed by atoms with Crippen LogP contribution in [0.5, 0.6) is 0 Å². The molecule has 0 unspecified atom stereocenters. The van der Waals surface area contributed by atoms with Gasteiger partial charge in [-0.2, -0.15) is 13.2 Å². The van der Waals surface area contributed by atoms with Gasteiger partial charge in [-0.15, -0.1) is 11.8 Å². The van der Waals surface area contributed by atoms with Gasteiger partial charge in [0.1, 0.15) is 5.69 Å². The molecule has 0 saturated heterocycles. The Hall–Kier alpha value is -1.76. The van der Waals surface area contributed by atoms with Crippen LogP contribution in [0.2, 0.25) is 0 Å². The first-order chi connectivity index (χ1) is 9.52. The molecule has 2 aromatic rings. The van der Waals surface area contributed by atoms with Crippen molar-refractivity contribution in [1.82, 2.24) is 10.3 Å². The van der Waals surface area contributed by atoms with Crippen LogP contribution in [0.15, 0.2) is 35.2 Å². The topological polar surface area (TPSA) is 42.0 Å². The summed E-state index contributed by atoms with van der Waals surface area (Å²) in [5.74, 6) is 0.459. The molecule has 20 heavy (non-hydrogen) atoms. The highest BCUT2D eigenvalue weighted by atomic mass is 32.2. The molecular weight excluding hydrogens is 289 g/mol. The lowest BCUT2D eigenvalue weighted by Crippen LogP contribution is -2.14. The molecule has 3 nitrogen and oxygen atoms in total. The number of aromatic nitrogens is 1. The maximum absolute atomic E-state index is 12.8. The molecule has 1 amide bonds. The van der Waals surface area contributed by atoms with E-state index in [-0.39, 0.29) is 0 Å². The van der Waals surface area contributed by atoms with E-state index in [0.29, 0.717) is 28.1 Å². The number of benzene rings is 1. The predicted molar refractivity (Wildman–Crippen MR) is 71.2 cm³/mol. The normalized spacial score (nSPS) is 11.6. The van der Waals surface area contributed by atoms with Crippen molar-refractivity contribution in [3.8, 4) is 0 Å². The summed E-state index contributed by atoms with van der Waals surface area (Å²) < 4.78 is 38.4. The van der Waals surface area contributed by atoms with Crippen LogP contribution in [-0.2, 0) is 11.0 Å².